The van der Waals surface area contributed by atoms with Crippen molar-refractivity contribution in [2.75, 3.05) is 5.32 Å². The van der Waals surface area contributed by atoms with Gasteiger partial charge in [-0.2, -0.15) is 0 Å². The first-order chi connectivity index (χ1) is 11.0. The number of fused-ring (bicyclic) bond motifs is 2. The summed E-state index contributed by atoms with van der Waals surface area (Å²) in [7, 11) is 0. The van der Waals surface area contributed by atoms with E-state index in [4.69, 9.17) is 0 Å². The van der Waals surface area contributed by atoms with Crippen molar-refractivity contribution < 1.29 is 0 Å². The van der Waals surface area contributed by atoms with E-state index in [0.717, 1.165) is 6.42 Å². The Balaban J connectivity index is 1.63. The lowest BCUT2D eigenvalue weighted by Crippen LogP contribution is -2.12. The molecule has 116 valence electrons. The summed E-state index contributed by atoms with van der Waals surface area (Å²) in [6.07, 6.45) is 1.06. The van der Waals surface area contributed by atoms with Crippen LogP contribution >= 0.6 is 0 Å². The summed E-state index contributed by atoms with van der Waals surface area (Å²) in [5, 5.41) is 6.34. The fraction of sp³-hybridized carbons (Fsp3) is 0.273. The summed E-state index contributed by atoms with van der Waals surface area (Å²) in [5.74, 6) is 0. The van der Waals surface area contributed by atoms with Crippen LogP contribution in [-0.4, -0.2) is 0 Å². The second-order valence-corrected chi connectivity index (χ2v) is 7.63. The lowest BCUT2D eigenvalue weighted by Gasteiger charge is -2.20. The maximum Gasteiger partial charge on any atom is 0.0555 e. The highest BCUT2D eigenvalue weighted by atomic mass is 14.9. The number of nitrogens with one attached hydrogen (secondary N) is 1. The van der Waals surface area contributed by atoms with Gasteiger partial charge in [0.1, 0.15) is 0 Å². The summed E-state index contributed by atoms with van der Waals surface area (Å²) in [6, 6.07) is 22.7. The molecule has 1 aliphatic rings. The van der Waals surface area contributed by atoms with Gasteiger partial charge < -0.3 is 5.32 Å². The van der Waals surface area contributed by atoms with Crippen molar-refractivity contribution in [3.63, 3.8) is 0 Å². The molecule has 1 heterocycles. The van der Waals surface area contributed by atoms with E-state index >= 15 is 0 Å². The lowest BCUT2D eigenvalue weighted by molar-refractivity contribution is 0.589. The minimum atomic E-state index is 0.211. The number of hydrogen-bond acceptors (Lipinski definition) is 1. The van der Waals surface area contributed by atoms with Gasteiger partial charge in [-0.05, 0) is 51.4 Å². The fourth-order valence-electron chi connectivity index (χ4n) is 3.47. The smallest absolute Gasteiger partial charge is 0.0555 e. The summed E-state index contributed by atoms with van der Waals surface area (Å²) < 4.78 is 0. The molecule has 0 bridgehead atoms. The molecule has 0 aliphatic carbocycles. The van der Waals surface area contributed by atoms with Crippen molar-refractivity contribution in [1.29, 1.82) is 0 Å². The van der Waals surface area contributed by atoms with E-state index < -0.39 is 0 Å². The number of benzene rings is 3. The van der Waals surface area contributed by atoms with E-state index in [-0.39, 0.29) is 5.41 Å². The van der Waals surface area contributed by atoms with Gasteiger partial charge in [0.15, 0.2) is 0 Å². The standard InChI is InChI=1S/C22H23N/c1-22(2,3)19-10-8-15(9-11-19)20-14-18-12-16-6-4-5-7-17(16)13-21(18)23-20/h4-13,20,23H,14H2,1-3H3. The molecular formula is C22H23N. The van der Waals surface area contributed by atoms with Crippen molar-refractivity contribution in [1.82, 2.24) is 0 Å². The summed E-state index contributed by atoms with van der Waals surface area (Å²) in [5.41, 5.74) is 5.69. The molecular weight excluding hydrogens is 278 g/mol. The van der Waals surface area contributed by atoms with Crippen LogP contribution in [0, 0.1) is 0 Å². The van der Waals surface area contributed by atoms with Gasteiger partial charge in [-0.25, -0.2) is 0 Å². The molecule has 4 rings (SSSR count). The first kappa shape index (κ1) is 14.3. The molecule has 0 saturated carbocycles. The molecule has 1 atom stereocenters. The van der Waals surface area contributed by atoms with Gasteiger partial charge in [0, 0.05) is 5.69 Å². The molecule has 0 radical (unpaired) electrons. The van der Waals surface area contributed by atoms with Gasteiger partial charge >= 0.3 is 0 Å². The van der Waals surface area contributed by atoms with E-state index in [2.05, 4.69) is 86.8 Å². The zero-order valence-electron chi connectivity index (χ0n) is 14.1. The molecule has 1 aliphatic heterocycles. The molecule has 0 aromatic heterocycles. The van der Waals surface area contributed by atoms with E-state index in [9.17, 15) is 0 Å². The Morgan fingerprint density at radius 2 is 1.52 bits per heavy atom. The molecule has 1 N–H and O–H groups in total. The first-order valence-corrected chi connectivity index (χ1v) is 8.39. The SMILES string of the molecule is CC(C)(C)c1ccc(C2Cc3cc4ccccc4cc3N2)cc1. The van der Waals surface area contributed by atoms with Gasteiger partial charge in [-0.1, -0.05) is 69.3 Å². The predicted molar refractivity (Wildman–Crippen MR) is 99.2 cm³/mol. The van der Waals surface area contributed by atoms with Gasteiger partial charge in [0.25, 0.3) is 0 Å². The molecule has 0 amide bonds. The van der Waals surface area contributed by atoms with Crippen LogP contribution in [0.2, 0.25) is 0 Å². The second kappa shape index (κ2) is 5.13. The zero-order valence-corrected chi connectivity index (χ0v) is 14.1. The average Bonchev–Trinajstić information content (AvgIpc) is 2.94. The topological polar surface area (TPSA) is 12.0 Å². The highest BCUT2D eigenvalue weighted by Gasteiger charge is 2.23. The van der Waals surface area contributed by atoms with E-state index in [1.807, 2.05) is 0 Å². The minimum absolute atomic E-state index is 0.211. The van der Waals surface area contributed by atoms with Crippen molar-refractivity contribution in [3.05, 3.63) is 77.4 Å². The third-order valence-electron chi connectivity index (χ3n) is 4.90. The molecule has 3 aromatic carbocycles. The van der Waals surface area contributed by atoms with Crippen molar-refractivity contribution in [3.8, 4) is 0 Å². The Morgan fingerprint density at radius 1 is 0.870 bits per heavy atom. The maximum absolute atomic E-state index is 3.70. The third kappa shape index (κ3) is 2.61. The van der Waals surface area contributed by atoms with Gasteiger partial charge in [0.05, 0.1) is 6.04 Å². The van der Waals surface area contributed by atoms with E-state index in [0.29, 0.717) is 6.04 Å². The highest BCUT2D eigenvalue weighted by Crippen LogP contribution is 2.37. The summed E-state index contributed by atoms with van der Waals surface area (Å²) in [4.78, 5) is 0. The third-order valence-corrected chi connectivity index (χ3v) is 4.90. The van der Waals surface area contributed by atoms with Crippen LogP contribution in [0.4, 0.5) is 5.69 Å². The van der Waals surface area contributed by atoms with Crippen LogP contribution in [0.3, 0.4) is 0 Å². The number of hydrogen-bond donors (Lipinski definition) is 1. The largest absolute Gasteiger partial charge is 0.378 e. The normalized spacial score (nSPS) is 17.1. The molecule has 3 aromatic rings. The second-order valence-electron chi connectivity index (χ2n) is 7.63. The fourth-order valence-corrected chi connectivity index (χ4v) is 3.47. The summed E-state index contributed by atoms with van der Waals surface area (Å²) in [6.45, 7) is 6.78. The number of anilines is 1. The Hall–Kier alpha value is -2.28. The number of rotatable bonds is 1. The van der Waals surface area contributed by atoms with Crippen molar-refractivity contribution >= 4 is 16.5 Å². The van der Waals surface area contributed by atoms with Crippen molar-refractivity contribution in [2.45, 2.75) is 38.6 Å². The van der Waals surface area contributed by atoms with E-state index in [1.165, 1.54) is 33.2 Å². The van der Waals surface area contributed by atoms with Gasteiger partial charge in [-0.15, -0.1) is 0 Å². The molecule has 0 spiro atoms. The lowest BCUT2D eigenvalue weighted by atomic mass is 9.86. The maximum atomic E-state index is 3.70. The van der Waals surface area contributed by atoms with Crippen LogP contribution in [0.15, 0.2) is 60.7 Å². The van der Waals surface area contributed by atoms with Gasteiger partial charge in [0.2, 0.25) is 0 Å². The first-order valence-electron chi connectivity index (χ1n) is 8.39. The van der Waals surface area contributed by atoms with Crippen LogP contribution in [0.5, 0.6) is 0 Å². The van der Waals surface area contributed by atoms with Crippen LogP contribution in [-0.2, 0) is 11.8 Å². The Kier molecular flexibility index (Phi) is 3.19. The molecule has 1 unspecified atom stereocenters. The Morgan fingerprint density at radius 3 is 2.17 bits per heavy atom. The average molecular weight is 301 g/mol. The van der Waals surface area contributed by atoms with E-state index in [1.54, 1.807) is 0 Å². The summed E-state index contributed by atoms with van der Waals surface area (Å²) >= 11 is 0. The monoisotopic (exact) mass is 301 g/mol. The quantitative estimate of drug-likeness (QED) is 0.595. The molecule has 1 nitrogen and oxygen atoms in total. The molecule has 0 fully saturated rings. The van der Waals surface area contributed by atoms with Crippen LogP contribution in [0.25, 0.3) is 10.8 Å². The predicted octanol–water partition coefficient (Wildman–Crippen LogP) is 5.85. The van der Waals surface area contributed by atoms with Crippen molar-refractivity contribution in [2.24, 2.45) is 0 Å². The minimum Gasteiger partial charge on any atom is -0.378 e. The molecule has 23 heavy (non-hydrogen) atoms. The zero-order chi connectivity index (χ0) is 16.0. The highest BCUT2D eigenvalue weighted by molar-refractivity contribution is 5.88. The van der Waals surface area contributed by atoms with Crippen LogP contribution < -0.4 is 5.32 Å². The molecule has 1 heteroatoms. The van der Waals surface area contributed by atoms with Crippen LogP contribution in [0.1, 0.15) is 43.5 Å². The Bertz CT molecular complexity index is 809. The molecule has 0 saturated heterocycles. The Labute approximate surface area is 138 Å². The van der Waals surface area contributed by atoms with Gasteiger partial charge in [-0.3, -0.25) is 0 Å².